The minimum absolute atomic E-state index is 0.253. The van der Waals surface area contributed by atoms with Crippen LogP contribution < -0.4 is 14.2 Å². The largest absolute Gasteiger partial charge is 0.494 e. The third-order valence-electron chi connectivity index (χ3n) is 7.09. The van der Waals surface area contributed by atoms with Crippen LogP contribution >= 0.6 is 0 Å². The molecule has 7 nitrogen and oxygen atoms in total. The van der Waals surface area contributed by atoms with Crippen LogP contribution in [0.25, 0.3) is 22.5 Å². The molecule has 0 atom stereocenters. The second kappa shape index (κ2) is 18.2. The zero-order valence-corrected chi connectivity index (χ0v) is 24.8. The fraction of sp³-hybridized carbons (Fsp3) is 0.361. The zero-order valence-electron chi connectivity index (χ0n) is 24.8. The number of ether oxygens (including phenoxy) is 3. The number of nitrogens with zero attached hydrogens (tertiary/aromatic N) is 3. The Bertz CT molecular complexity index is 1370. The van der Waals surface area contributed by atoms with E-state index in [1.165, 1.54) is 0 Å². The summed E-state index contributed by atoms with van der Waals surface area (Å²) in [6, 6.07) is 25.7. The minimum Gasteiger partial charge on any atom is -0.494 e. The molecule has 0 spiro atoms. The Balaban J connectivity index is 1.03. The van der Waals surface area contributed by atoms with Gasteiger partial charge in [0.25, 0.3) is 0 Å². The fourth-order valence-electron chi connectivity index (χ4n) is 4.59. The summed E-state index contributed by atoms with van der Waals surface area (Å²) >= 11 is 0. The molecule has 43 heavy (non-hydrogen) atoms. The number of benzene rings is 3. The summed E-state index contributed by atoms with van der Waals surface area (Å²) in [5, 5.41) is 17.8. The molecule has 3 aromatic carbocycles. The van der Waals surface area contributed by atoms with E-state index in [1.807, 2.05) is 60.7 Å². The van der Waals surface area contributed by atoms with Gasteiger partial charge in [-0.3, -0.25) is 0 Å². The number of aliphatic hydroxyl groups is 1. The summed E-state index contributed by atoms with van der Waals surface area (Å²) < 4.78 is 17.5. The van der Waals surface area contributed by atoms with Crippen LogP contribution in [0.5, 0.6) is 17.2 Å². The SMILES string of the molecule is N#Cc1ccc(-c2ccc(OCCCCCCCOc3ccc(-c4ncc(OCCCCCCO)cn4)cc3)cc2)cc1. The average Bonchev–Trinajstić information content (AvgIpc) is 3.06. The molecular weight excluding hydrogens is 538 g/mol. The van der Waals surface area contributed by atoms with Gasteiger partial charge in [0.05, 0.1) is 43.8 Å². The average molecular weight is 580 g/mol. The lowest BCUT2D eigenvalue weighted by atomic mass is 10.0. The lowest BCUT2D eigenvalue weighted by molar-refractivity contribution is 0.273. The van der Waals surface area contributed by atoms with Crippen molar-refractivity contribution in [3.05, 3.63) is 90.8 Å². The summed E-state index contributed by atoms with van der Waals surface area (Å²) in [5.41, 5.74) is 3.80. The van der Waals surface area contributed by atoms with Crippen LogP contribution in [0.2, 0.25) is 0 Å². The third-order valence-corrected chi connectivity index (χ3v) is 7.09. The Morgan fingerprint density at radius 2 is 0.930 bits per heavy atom. The summed E-state index contributed by atoms with van der Waals surface area (Å²) in [4.78, 5) is 8.87. The van der Waals surface area contributed by atoms with Crippen molar-refractivity contribution >= 4 is 0 Å². The van der Waals surface area contributed by atoms with E-state index in [9.17, 15) is 0 Å². The molecule has 7 heteroatoms. The first kappa shape index (κ1) is 31.5. The topological polar surface area (TPSA) is 97.5 Å². The van der Waals surface area contributed by atoms with Crippen LogP contribution in [0, 0.1) is 11.3 Å². The number of unbranched alkanes of at least 4 members (excludes halogenated alkanes) is 7. The molecule has 0 radical (unpaired) electrons. The molecular formula is C36H41N3O4. The first-order valence-corrected chi connectivity index (χ1v) is 15.3. The Morgan fingerprint density at radius 3 is 1.42 bits per heavy atom. The van der Waals surface area contributed by atoms with Crippen LogP contribution in [0.1, 0.15) is 63.4 Å². The summed E-state index contributed by atoms with van der Waals surface area (Å²) in [6.07, 6.45) is 12.8. The van der Waals surface area contributed by atoms with Crippen molar-refractivity contribution in [1.29, 1.82) is 5.26 Å². The molecule has 0 saturated heterocycles. The van der Waals surface area contributed by atoms with E-state index in [-0.39, 0.29) is 6.61 Å². The van der Waals surface area contributed by atoms with Gasteiger partial charge in [0.2, 0.25) is 0 Å². The van der Waals surface area contributed by atoms with Crippen molar-refractivity contribution in [2.45, 2.75) is 57.8 Å². The predicted molar refractivity (Wildman–Crippen MR) is 169 cm³/mol. The van der Waals surface area contributed by atoms with Crippen molar-refractivity contribution < 1.29 is 19.3 Å². The van der Waals surface area contributed by atoms with E-state index in [2.05, 4.69) is 28.2 Å². The maximum Gasteiger partial charge on any atom is 0.159 e. The monoisotopic (exact) mass is 579 g/mol. The van der Waals surface area contributed by atoms with Crippen molar-refractivity contribution in [3.8, 4) is 45.8 Å². The van der Waals surface area contributed by atoms with Crippen molar-refractivity contribution in [2.24, 2.45) is 0 Å². The van der Waals surface area contributed by atoms with Gasteiger partial charge in [0.15, 0.2) is 11.6 Å². The highest BCUT2D eigenvalue weighted by molar-refractivity contribution is 5.65. The second-order valence-corrected chi connectivity index (χ2v) is 10.4. The minimum atomic E-state index is 0.253. The lowest BCUT2D eigenvalue weighted by Crippen LogP contribution is -2.00. The molecule has 224 valence electrons. The number of hydrogen-bond donors (Lipinski definition) is 1. The van der Waals surface area contributed by atoms with Gasteiger partial charge in [0, 0.05) is 12.2 Å². The van der Waals surface area contributed by atoms with E-state index >= 15 is 0 Å². The van der Waals surface area contributed by atoms with Gasteiger partial charge in [0.1, 0.15) is 11.5 Å². The Labute approximate surface area is 255 Å². The number of aromatic nitrogens is 2. The van der Waals surface area contributed by atoms with Gasteiger partial charge in [-0.1, -0.05) is 49.9 Å². The Kier molecular flexibility index (Phi) is 13.3. The van der Waals surface area contributed by atoms with Crippen molar-refractivity contribution in [1.82, 2.24) is 9.97 Å². The molecule has 4 aromatic rings. The number of aliphatic hydroxyl groups excluding tert-OH is 1. The first-order chi connectivity index (χ1) is 21.2. The van der Waals surface area contributed by atoms with E-state index in [0.29, 0.717) is 37.0 Å². The molecule has 0 aliphatic rings. The van der Waals surface area contributed by atoms with Gasteiger partial charge >= 0.3 is 0 Å². The maximum atomic E-state index is 8.95. The molecule has 1 heterocycles. The van der Waals surface area contributed by atoms with Gasteiger partial charge in [-0.15, -0.1) is 0 Å². The first-order valence-electron chi connectivity index (χ1n) is 15.3. The van der Waals surface area contributed by atoms with Crippen LogP contribution in [0.3, 0.4) is 0 Å². The van der Waals surface area contributed by atoms with Gasteiger partial charge in [-0.2, -0.15) is 5.26 Å². The molecule has 1 aromatic heterocycles. The van der Waals surface area contributed by atoms with Crippen LogP contribution in [0.4, 0.5) is 0 Å². The Morgan fingerprint density at radius 1 is 0.512 bits per heavy atom. The fourth-order valence-corrected chi connectivity index (χ4v) is 4.59. The van der Waals surface area contributed by atoms with E-state index in [4.69, 9.17) is 24.6 Å². The van der Waals surface area contributed by atoms with Crippen LogP contribution in [-0.2, 0) is 0 Å². The molecule has 0 amide bonds. The molecule has 0 saturated carbocycles. The summed E-state index contributed by atoms with van der Waals surface area (Å²) in [5.74, 6) is 3.06. The molecule has 4 rings (SSSR count). The third kappa shape index (κ3) is 11.1. The maximum absolute atomic E-state index is 8.95. The van der Waals surface area contributed by atoms with Gasteiger partial charge in [-0.25, -0.2) is 9.97 Å². The van der Waals surface area contributed by atoms with Crippen molar-refractivity contribution in [2.75, 3.05) is 26.4 Å². The number of hydrogen-bond acceptors (Lipinski definition) is 7. The molecule has 1 N–H and O–H groups in total. The number of nitriles is 1. The second-order valence-electron chi connectivity index (χ2n) is 10.4. The van der Waals surface area contributed by atoms with E-state index in [1.54, 1.807) is 12.4 Å². The highest BCUT2D eigenvalue weighted by Crippen LogP contribution is 2.23. The van der Waals surface area contributed by atoms with Gasteiger partial charge in [-0.05, 0) is 91.8 Å². The highest BCUT2D eigenvalue weighted by Gasteiger charge is 2.04. The summed E-state index contributed by atoms with van der Waals surface area (Å²) in [7, 11) is 0. The summed E-state index contributed by atoms with van der Waals surface area (Å²) in [6.45, 7) is 2.30. The quantitative estimate of drug-likeness (QED) is 0.112. The van der Waals surface area contributed by atoms with E-state index in [0.717, 1.165) is 86.0 Å². The standard InChI is InChI=1S/C36H41N3O4/c37-26-29-10-12-30(13-11-29)31-14-18-33(19-15-31)41-23-7-3-1-4-8-24-42-34-20-16-32(17-21-34)36-38-27-35(28-39-36)43-25-9-5-2-6-22-40/h10-21,27-28,40H,1-9,22-25H2. The normalized spacial score (nSPS) is 10.7. The Hall–Kier alpha value is -4.41. The smallest absolute Gasteiger partial charge is 0.159 e. The molecule has 0 aliphatic carbocycles. The lowest BCUT2D eigenvalue weighted by Gasteiger charge is -2.09. The molecule has 0 fully saturated rings. The molecule has 0 bridgehead atoms. The molecule has 0 unspecified atom stereocenters. The van der Waals surface area contributed by atoms with Gasteiger partial charge < -0.3 is 19.3 Å². The molecule has 0 aliphatic heterocycles. The van der Waals surface area contributed by atoms with E-state index < -0.39 is 0 Å². The van der Waals surface area contributed by atoms with Crippen molar-refractivity contribution in [3.63, 3.8) is 0 Å². The van der Waals surface area contributed by atoms with Crippen LogP contribution in [0.15, 0.2) is 85.2 Å². The highest BCUT2D eigenvalue weighted by atomic mass is 16.5. The predicted octanol–water partition coefficient (Wildman–Crippen LogP) is 8.02. The number of rotatable bonds is 19. The zero-order chi connectivity index (χ0) is 30.0. The van der Waals surface area contributed by atoms with Crippen LogP contribution in [-0.4, -0.2) is 41.5 Å².